The molecular formula is C18H28N2O. The summed E-state index contributed by atoms with van der Waals surface area (Å²) in [5.41, 5.74) is 8.25. The number of benzene rings is 1. The van der Waals surface area contributed by atoms with Crippen LogP contribution in [0, 0.1) is 12.8 Å². The van der Waals surface area contributed by atoms with Crippen LogP contribution in [0.25, 0.3) is 0 Å². The Bertz CT molecular complexity index is 459. The molecule has 1 aromatic rings. The Kier molecular flexibility index (Phi) is 5.40. The van der Waals surface area contributed by atoms with E-state index in [1.54, 1.807) is 0 Å². The van der Waals surface area contributed by atoms with Crippen molar-refractivity contribution in [2.24, 2.45) is 11.7 Å². The monoisotopic (exact) mass is 288 g/mol. The van der Waals surface area contributed by atoms with Crippen molar-refractivity contribution in [1.29, 1.82) is 0 Å². The number of aryl methyl sites for hydroxylation is 2. The Morgan fingerprint density at radius 3 is 2.48 bits per heavy atom. The van der Waals surface area contributed by atoms with Gasteiger partial charge in [0.2, 0.25) is 5.91 Å². The lowest BCUT2D eigenvalue weighted by molar-refractivity contribution is -0.123. The molecule has 1 aliphatic carbocycles. The summed E-state index contributed by atoms with van der Waals surface area (Å²) in [7, 11) is 0. The molecular weight excluding hydrogens is 260 g/mol. The summed E-state index contributed by atoms with van der Waals surface area (Å²) in [5, 5.41) is 3.22. The maximum absolute atomic E-state index is 12.2. The zero-order chi connectivity index (χ0) is 15.3. The van der Waals surface area contributed by atoms with Crippen LogP contribution < -0.4 is 11.1 Å². The number of nitrogens with one attached hydrogen (secondary N) is 1. The van der Waals surface area contributed by atoms with Gasteiger partial charge in [0.1, 0.15) is 0 Å². The molecule has 0 aliphatic heterocycles. The average Bonchev–Trinajstić information content (AvgIpc) is 2.49. The van der Waals surface area contributed by atoms with Gasteiger partial charge in [0.15, 0.2) is 0 Å². The Morgan fingerprint density at radius 2 is 1.90 bits per heavy atom. The molecule has 2 rings (SSSR count). The Hall–Kier alpha value is -1.35. The third kappa shape index (κ3) is 4.57. The lowest BCUT2D eigenvalue weighted by Crippen LogP contribution is -2.55. The van der Waals surface area contributed by atoms with E-state index in [1.807, 2.05) is 0 Å². The van der Waals surface area contributed by atoms with Crippen LogP contribution in [0.4, 0.5) is 0 Å². The molecule has 116 valence electrons. The minimum Gasteiger partial charge on any atom is -0.349 e. The van der Waals surface area contributed by atoms with Crippen molar-refractivity contribution in [3.8, 4) is 0 Å². The van der Waals surface area contributed by atoms with E-state index in [1.165, 1.54) is 11.1 Å². The zero-order valence-electron chi connectivity index (χ0n) is 13.3. The SMILES string of the molecule is Cc1ccc(CCC(=O)NC2(CN)CCC(C)CC2)cc1. The maximum atomic E-state index is 12.2. The molecule has 0 heterocycles. The average molecular weight is 288 g/mol. The van der Waals surface area contributed by atoms with Gasteiger partial charge in [0.25, 0.3) is 0 Å². The molecule has 1 amide bonds. The molecule has 3 N–H and O–H groups in total. The van der Waals surface area contributed by atoms with Gasteiger partial charge in [-0.1, -0.05) is 36.8 Å². The molecule has 1 fully saturated rings. The fraction of sp³-hybridized carbons (Fsp3) is 0.611. The first-order valence-corrected chi connectivity index (χ1v) is 8.10. The molecule has 21 heavy (non-hydrogen) atoms. The Balaban J connectivity index is 1.84. The van der Waals surface area contributed by atoms with E-state index in [9.17, 15) is 4.79 Å². The number of rotatable bonds is 5. The maximum Gasteiger partial charge on any atom is 0.220 e. The summed E-state index contributed by atoms with van der Waals surface area (Å²) in [4.78, 5) is 12.2. The highest BCUT2D eigenvalue weighted by atomic mass is 16.1. The Labute approximate surface area is 128 Å². The van der Waals surface area contributed by atoms with Gasteiger partial charge < -0.3 is 11.1 Å². The number of hydrogen-bond donors (Lipinski definition) is 2. The molecule has 3 nitrogen and oxygen atoms in total. The van der Waals surface area contributed by atoms with Crippen molar-refractivity contribution in [2.75, 3.05) is 6.54 Å². The third-order valence-corrected chi connectivity index (χ3v) is 4.79. The quantitative estimate of drug-likeness (QED) is 0.875. The highest BCUT2D eigenvalue weighted by Gasteiger charge is 2.33. The summed E-state index contributed by atoms with van der Waals surface area (Å²) in [6, 6.07) is 8.39. The van der Waals surface area contributed by atoms with Crippen molar-refractivity contribution in [3.05, 3.63) is 35.4 Å². The van der Waals surface area contributed by atoms with E-state index >= 15 is 0 Å². The molecule has 0 radical (unpaired) electrons. The van der Waals surface area contributed by atoms with Gasteiger partial charge in [-0.15, -0.1) is 0 Å². The summed E-state index contributed by atoms with van der Waals surface area (Å²) in [6.45, 7) is 4.90. The first kappa shape index (κ1) is 16.0. The van der Waals surface area contributed by atoms with Gasteiger partial charge in [0.05, 0.1) is 5.54 Å². The normalized spacial score (nSPS) is 25.6. The van der Waals surface area contributed by atoms with Gasteiger partial charge in [-0.2, -0.15) is 0 Å². The van der Waals surface area contributed by atoms with Crippen LogP contribution in [0.1, 0.15) is 50.2 Å². The number of carbonyl (C=O) groups excluding carboxylic acids is 1. The summed E-state index contributed by atoms with van der Waals surface area (Å²) >= 11 is 0. The second-order valence-corrected chi connectivity index (χ2v) is 6.70. The van der Waals surface area contributed by atoms with Gasteiger partial charge in [-0.05, 0) is 50.5 Å². The number of amides is 1. The molecule has 0 saturated heterocycles. The van der Waals surface area contributed by atoms with Crippen LogP contribution in [0.3, 0.4) is 0 Å². The van der Waals surface area contributed by atoms with E-state index < -0.39 is 0 Å². The minimum absolute atomic E-state index is 0.135. The Morgan fingerprint density at radius 1 is 1.29 bits per heavy atom. The van der Waals surface area contributed by atoms with Crippen LogP contribution in [0.5, 0.6) is 0 Å². The number of nitrogens with two attached hydrogens (primary N) is 1. The van der Waals surface area contributed by atoms with Crippen LogP contribution in [-0.2, 0) is 11.2 Å². The van der Waals surface area contributed by atoms with Crippen molar-refractivity contribution in [3.63, 3.8) is 0 Å². The lowest BCUT2D eigenvalue weighted by atomic mass is 9.77. The van der Waals surface area contributed by atoms with E-state index in [4.69, 9.17) is 5.73 Å². The second-order valence-electron chi connectivity index (χ2n) is 6.70. The second kappa shape index (κ2) is 7.08. The fourth-order valence-corrected chi connectivity index (χ4v) is 3.07. The first-order valence-electron chi connectivity index (χ1n) is 8.10. The summed E-state index contributed by atoms with van der Waals surface area (Å²) < 4.78 is 0. The van der Waals surface area contributed by atoms with E-state index in [0.717, 1.165) is 38.0 Å². The molecule has 1 aromatic carbocycles. The topological polar surface area (TPSA) is 55.1 Å². The molecule has 3 heteroatoms. The molecule has 1 saturated carbocycles. The third-order valence-electron chi connectivity index (χ3n) is 4.79. The predicted molar refractivity (Wildman–Crippen MR) is 87.1 cm³/mol. The molecule has 1 aliphatic rings. The zero-order valence-corrected chi connectivity index (χ0v) is 13.3. The number of hydrogen-bond acceptors (Lipinski definition) is 2. The standard InChI is InChI=1S/C18H28N2O/c1-14-3-5-16(6-4-14)7-8-17(21)20-18(13-19)11-9-15(2)10-12-18/h3-6,15H,7-13,19H2,1-2H3,(H,20,21). The molecule has 0 atom stereocenters. The van der Waals surface area contributed by atoms with Gasteiger partial charge in [-0.25, -0.2) is 0 Å². The van der Waals surface area contributed by atoms with Gasteiger partial charge in [0, 0.05) is 13.0 Å². The highest BCUT2D eigenvalue weighted by Crippen LogP contribution is 2.31. The highest BCUT2D eigenvalue weighted by molar-refractivity contribution is 5.77. The van der Waals surface area contributed by atoms with E-state index in [0.29, 0.717) is 13.0 Å². The van der Waals surface area contributed by atoms with Crippen LogP contribution in [-0.4, -0.2) is 18.0 Å². The lowest BCUT2D eigenvalue weighted by Gasteiger charge is -2.39. The smallest absolute Gasteiger partial charge is 0.220 e. The summed E-state index contributed by atoms with van der Waals surface area (Å²) in [6.07, 6.45) is 5.69. The van der Waals surface area contributed by atoms with E-state index in [-0.39, 0.29) is 11.4 Å². The van der Waals surface area contributed by atoms with Crippen molar-refractivity contribution >= 4 is 5.91 Å². The van der Waals surface area contributed by atoms with Crippen LogP contribution >= 0.6 is 0 Å². The predicted octanol–water partition coefficient (Wildman–Crippen LogP) is 2.95. The summed E-state index contributed by atoms with van der Waals surface area (Å²) in [5.74, 6) is 0.893. The van der Waals surface area contributed by atoms with Crippen molar-refractivity contribution in [1.82, 2.24) is 5.32 Å². The fourth-order valence-electron chi connectivity index (χ4n) is 3.07. The van der Waals surface area contributed by atoms with Crippen LogP contribution in [0.2, 0.25) is 0 Å². The molecule has 0 aromatic heterocycles. The first-order chi connectivity index (χ1) is 10.0. The van der Waals surface area contributed by atoms with Crippen molar-refractivity contribution < 1.29 is 4.79 Å². The number of carbonyl (C=O) groups is 1. The van der Waals surface area contributed by atoms with Crippen LogP contribution in [0.15, 0.2) is 24.3 Å². The molecule has 0 spiro atoms. The molecule has 0 unspecified atom stereocenters. The van der Waals surface area contributed by atoms with E-state index in [2.05, 4.69) is 43.4 Å². The van der Waals surface area contributed by atoms with Gasteiger partial charge >= 0.3 is 0 Å². The van der Waals surface area contributed by atoms with Gasteiger partial charge in [-0.3, -0.25) is 4.79 Å². The minimum atomic E-state index is -0.156. The molecule has 0 bridgehead atoms. The van der Waals surface area contributed by atoms with Crippen molar-refractivity contribution in [2.45, 2.75) is 57.9 Å². The largest absolute Gasteiger partial charge is 0.349 e.